The minimum atomic E-state index is -0.272. The number of amides is 1. The number of nitrogens with zero attached hydrogens (tertiary/aromatic N) is 3. The zero-order valence-electron chi connectivity index (χ0n) is 21.0. The SMILES string of the molecule is CCC1C=Cc2[nH]c(=O)n(CC3CCC(CN4CCN(C(=O)C5CCCO5)CC4)CC3)c(=O)c2C1. The van der Waals surface area contributed by atoms with Gasteiger partial charge in [-0.25, -0.2) is 4.79 Å². The number of carbonyl (C=O) groups excluding carboxylic acids is 1. The van der Waals surface area contributed by atoms with Gasteiger partial charge in [0.1, 0.15) is 6.10 Å². The van der Waals surface area contributed by atoms with Crippen molar-refractivity contribution in [3.8, 4) is 0 Å². The second kappa shape index (κ2) is 10.8. The van der Waals surface area contributed by atoms with Gasteiger partial charge < -0.3 is 14.6 Å². The molecule has 3 fully saturated rings. The lowest BCUT2D eigenvalue weighted by molar-refractivity contribution is -0.142. The van der Waals surface area contributed by atoms with Crippen LogP contribution in [0.4, 0.5) is 0 Å². The fourth-order valence-electron chi connectivity index (χ4n) is 6.32. The predicted molar refractivity (Wildman–Crippen MR) is 135 cm³/mol. The molecule has 4 aliphatic rings. The second-order valence-corrected chi connectivity index (χ2v) is 11.0. The molecule has 2 aliphatic carbocycles. The number of carbonyl (C=O) groups is 1. The highest BCUT2D eigenvalue weighted by molar-refractivity contribution is 5.81. The molecule has 1 amide bonds. The minimum absolute atomic E-state index is 0.0934. The van der Waals surface area contributed by atoms with E-state index in [2.05, 4.69) is 22.9 Å². The van der Waals surface area contributed by atoms with E-state index in [9.17, 15) is 14.4 Å². The molecular formula is C27H40N4O4. The number of hydrogen-bond acceptors (Lipinski definition) is 5. The molecule has 8 heteroatoms. The number of rotatable bonds is 6. The predicted octanol–water partition coefficient (Wildman–Crippen LogP) is 2.26. The van der Waals surface area contributed by atoms with Crippen molar-refractivity contribution in [3.05, 3.63) is 38.2 Å². The van der Waals surface area contributed by atoms with Crippen LogP contribution < -0.4 is 11.2 Å². The number of aromatic nitrogens is 2. The Balaban J connectivity index is 1.10. The Morgan fingerprint density at radius 1 is 1.03 bits per heavy atom. The van der Waals surface area contributed by atoms with Gasteiger partial charge in [-0.15, -0.1) is 0 Å². The topological polar surface area (TPSA) is 87.6 Å². The van der Waals surface area contributed by atoms with E-state index >= 15 is 0 Å². The van der Waals surface area contributed by atoms with E-state index in [1.807, 2.05) is 11.0 Å². The first-order chi connectivity index (χ1) is 17.0. The molecule has 1 N–H and O–H groups in total. The maximum Gasteiger partial charge on any atom is 0.328 e. The number of allylic oxidation sites excluding steroid dienone is 1. The fraction of sp³-hybridized carbons (Fsp3) is 0.741. The minimum Gasteiger partial charge on any atom is -0.368 e. The van der Waals surface area contributed by atoms with Crippen LogP contribution in [0.3, 0.4) is 0 Å². The molecule has 3 heterocycles. The van der Waals surface area contributed by atoms with E-state index in [0.29, 0.717) is 36.6 Å². The summed E-state index contributed by atoms with van der Waals surface area (Å²) in [6.07, 6.45) is 11.8. The zero-order valence-corrected chi connectivity index (χ0v) is 21.0. The summed E-state index contributed by atoms with van der Waals surface area (Å²) < 4.78 is 7.03. The molecule has 2 unspecified atom stereocenters. The van der Waals surface area contributed by atoms with E-state index in [4.69, 9.17) is 4.74 Å². The van der Waals surface area contributed by atoms with Crippen molar-refractivity contribution in [3.63, 3.8) is 0 Å². The number of hydrogen-bond donors (Lipinski definition) is 1. The molecule has 8 nitrogen and oxygen atoms in total. The van der Waals surface area contributed by atoms with Gasteiger partial charge >= 0.3 is 5.69 Å². The van der Waals surface area contributed by atoms with Gasteiger partial charge in [-0.3, -0.25) is 19.1 Å². The Hall–Kier alpha value is -2.19. The summed E-state index contributed by atoms with van der Waals surface area (Å²) in [6, 6.07) is 0. The van der Waals surface area contributed by atoms with Gasteiger partial charge in [0.15, 0.2) is 0 Å². The Morgan fingerprint density at radius 3 is 2.40 bits per heavy atom. The molecule has 1 saturated carbocycles. The summed E-state index contributed by atoms with van der Waals surface area (Å²) >= 11 is 0. The fourth-order valence-corrected chi connectivity index (χ4v) is 6.32. The Kier molecular flexibility index (Phi) is 7.58. The van der Waals surface area contributed by atoms with E-state index in [0.717, 1.165) is 89.7 Å². The van der Waals surface area contributed by atoms with Gasteiger partial charge in [0, 0.05) is 51.4 Å². The van der Waals surface area contributed by atoms with Gasteiger partial charge in [0.05, 0.1) is 5.69 Å². The Labute approximate surface area is 207 Å². The molecule has 0 spiro atoms. The van der Waals surface area contributed by atoms with Crippen LogP contribution in [-0.2, 0) is 22.5 Å². The molecule has 2 saturated heterocycles. The average Bonchev–Trinajstić information content (AvgIpc) is 3.42. The Morgan fingerprint density at radius 2 is 1.74 bits per heavy atom. The van der Waals surface area contributed by atoms with Crippen LogP contribution in [-0.4, -0.2) is 70.7 Å². The first-order valence-electron chi connectivity index (χ1n) is 13.7. The summed E-state index contributed by atoms with van der Waals surface area (Å²) in [5.41, 5.74) is 1.10. The summed E-state index contributed by atoms with van der Waals surface area (Å²) in [4.78, 5) is 45.8. The first-order valence-corrected chi connectivity index (χ1v) is 13.7. The third-order valence-electron chi connectivity index (χ3n) is 8.65. The summed E-state index contributed by atoms with van der Waals surface area (Å²) in [7, 11) is 0. The smallest absolute Gasteiger partial charge is 0.328 e. The van der Waals surface area contributed by atoms with Gasteiger partial charge in [0.2, 0.25) is 0 Å². The molecule has 2 atom stereocenters. The van der Waals surface area contributed by atoms with Crippen LogP contribution in [0.25, 0.3) is 6.08 Å². The van der Waals surface area contributed by atoms with Crippen LogP contribution >= 0.6 is 0 Å². The number of fused-ring (bicyclic) bond motifs is 1. The monoisotopic (exact) mass is 484 g/mol. The normalized spacial score (nSPS) is 29.3. The number of H-pyrrole nitrogens is 1. The van der Waals surface area contributed by atoms with Gasteiger partial charge in [0.25, 0.3) is 11.5 Å². The summed E-state index contributed by atoms with van der Waals surface area (Å²) in [5, 5.41) is 0. The van der Waals surface area contributed by atoms with Crippen molar-refractivity contribution >= 4 is 12.0 Å². The van der Waals surface area contributed by atoms with Gasteiger partial charge in [-0.2, -0.15) is 0 Å². The van der Waals surface area contributed by atoms with Gasteiger partial charge in [-0.1, -0.05) is 13.0 Å². The third-order valence-corrected chi connectivity index (χ3v) is 8.65. The molecular weight excluding hydrogens is 444 g/mol. The molecule has 0 radical (unpaired) electrons. The van der Waals surface area contributed by atoms with E-state index in [1.165, 1.54) is 4.57 Å². The lowest BCUT2D eigenvalue weighted by atomic mass is 9.81. The molecule has 0 bridgehead atoms. The van der Waals surface area contributed by atoms with Crippen molar-refractivity contribution < 1.29 is 9.53 Å². The second-order valence-electron chi connectivity index (χ2n) is 11.0. The quantitative estimate of drug-likeness (QED) is 0.669. The van der Waals surface area contributed by atoms with E-state index in [-0.39, 0.29) is 23.3 Å². The maximum absolute atomic E-state index is 13.1. The van der Waals surface area contributed by atoms with Crippen LogP contribution in [0.5, 0.6) is 0 Å². The highest BCUT2D eigenvalue weighted by Gasteiger charge is 2.31. The molecule has 0 aromatic carbocycles. The molecule has 5 rings (SSSR count). The zero-order chi connectivity index (χ0) is 24.4. The molecule has 2 aliphatic heterocycles. The number of aromatic amines is 1. The average molecular weight is 485 g/mol. The van der Waals surface area contributed by atoms with Crippen LogP contribution in [0.15, 0.2) is 15.7 Å². The lowest BCUT2D eigenvalue weighted by Gasteiger charge is -2.38. The number of piperazine rings is 1. The largest absolute Gasteiger partial charge is 0.368 e. The van der Waals surface area contributed by atoms with Crippen LogP contribution in [0.1, 0.15) is 63.1 Å². The highest BCUT2D eigenvalue weighted by atomic mass is 16.5. The molecule has 35 heavy (non-hydrogen) atoms. The van der Waals surface area contributed by atoms with E-state index < -0.39 is 0 Å². The van der Waals surface area contributed by atoms with Crippen molar-refractivity contribution in [1.82, 2.24) is 19.4 Å². The van der Waals surface area contributed by atoms with Crippen molar-refractivity contribution in [2.45, 2.75) is 70.9 Å². The van der Waals surface area contributed by atoms with Crippen LogP contribution in [0, 0.1) is 17.8 Å². The standard InChI is InChI=1S/C27H40N4O4/c1-2-19-9-10-23-22(16-19)25(32)31(27(34)28-23)18-21-7-5-20(6-8-21)17-29-11-13-30(14-12-29)26(33)24-4-3-15-35-24/h9-10,19-21,24H,2-8,11-18H2,1H3,(H,28,34). The van der Waals surface area contributed by atoms with Gasteiger partial charge in [-0.05, 0) is 75.2 Å². The number of nitrogens with one attached hydrogen (secondary N) is 1. The molecule has 1 aromatic heterocycles. The van der Waals surface area contributed by atoms with Crippen molar-refractivity contribution in [2.75, 3.05) is 39.3 Å². The third kappa shape index (κ3) is 5.48. The lowest BCUT2D eigenvalue weighted by Crippen LogP contribution is -2.52. The van der Waals surface area contributed by atoms with Crippen LogP contribution in [0.2, 0.25) is 0 Å². The maximum atomic E-state index is 13.1. The molecule has 1 aromatic rings. The van der Waals surface area contributed by atoms with Crippen molar-refractivity contribution in [2.24, 2.45) is 17.8 Å². The van der Waals surface area contributed by atoms with E-state index in [1.54, 1.807) is 0 Å². The Bertz CT molecular complexity index is 1040. The summed E-state index contributed by atoms with van der Waals surface area (Å²) in [6.45, 7) is 7.92. The van der Waals surface area contributed by atoms with Crippen molar-refractivity contribution in [1.29, 1.82) is 0 Å². The molecule has 192 valence electrons. The summed E-state index contributed by atoms with van der Waals surface area (Å²) in [5.74, 6) is 1.59. The first kappa shape index (κ1) is 24.5. The highest BCUT2D eigenvalue weighted by Crippen LogP contribution is 2.30. The number of ether oxygens (including phenoxy) is 1.